The first-order valence-electron chi connectivity index (χ1n) is 23.2. The fourth-order valence-electron chi connectivity index (χ4n) is 11.2. The molecule has 1 aliphatic carbocycles. The molecule has 1 aliphatic rings. The summed E-state index contributed by atoms with van der Waals surface area (Å²) in [6.45, 7) is 0. The first-order valence-corrected chi connectivity index (χ1v) is 23.2. The molecular weight excluding hydrogens is 809 g/mol. The Bertz CT molecular complexity index is 3680. The van der Waals surface area contributed by atoms with Crippen molar-refractivity contribution >= 4 is 49.6 Å². The maximum absolute atomic E-state index is 2.48. The Kier molecular flexibility index (Phi) is 9.11. The molecule has 67 heavy (non-hydrogen) atoms. The van der Waals surface area contributed by atoms with E-state index in [9.17, 15) is 0 Å². The first-order chi connectivity index (χ1) is 33.3. The largest absolute Gasteiger partial charge is 0.310 e. The summed E-state index contributed by atoms with van der Waals surface area (Å²) in [5.41, 5.74) is 18.7. The molecule has 0 fully saturated rings. The van der Waals surface area contributed by atoms with Gasteiger partial charge in [-0.3, -0.25) is 0 Å². The number of anilines is 3. The van der Waals surface area contributed by atoms with Crippen LogP contribution < -0.4 is 4.90 Å². The SMILES string of the molecule is c1ccc(-c2c(N(c3ccc(-c4ccc(-n5c6ccccc6c6ccccc65)cc4)cc3)c3ccc4c(c3)C(c3ccccc3)(c3ccccc3)c3ccccc3-4)ccc3ccccc23)cc1. The van der Waals surface area contributed by atoms with Gasteiger partial charge in [0.05, 0.1) is 22.1 Å². The topological polar surface area (TPSA) is 8.17 Å². The standard InChI is InChI=1S/C65H44N2/c1-4-19-48(20-5-1)64-54-25-11-10-18-47(54)36-43-63(64)66(51-37-32-45(33-38-51)46-34-39-52(40-35-46)67-61-30-16-13-27-57(61)58-28-14-17-31-62(58)67)53-41-42-56-55-26-12-15-29-59(55)65(60(56)44-53,49-21-6-2-7-22-49)50-23-8-3-9-24-50/h1-44H. The lowest BCUT2D eigenvalue weighted by atomic mass is 9.67. The predicted molar refractivity (Wildman–Crippen MR) is 281 cm³/mol. The molecule has 0 atom stereocenters. The highest BCUT2D eigenvalue weighted by Crippen LogP contribution is 2.57. The number of para-hydroxylation sites is 2. The normalized spacial score (nSPS) is 12.6. The highest BCUT2D eigenvalue weighted by atomic mass is 15.1. The van der Waals surface area contributed by atoms with Crippen molar-refractivity contribution in [1.82, 2.24) is 4.57 Å². The molecule has 314 valence electrons. The van der Waals surface area contributed by atoms with Crippen molar-refractivity contribution in [3.8, 4) is 39.1 Å². The van der Waals surface area contributed by atoms with Gasteiger partial charge >= 0.3 is 0 Å². The fourth-order valence-corrected chi connectivity index (χ4v) is 11.2. The Morgan fingerprint density at radius 2 is 0.836 bits per heavy atom. The molecule has 1 aromatic heterocycles. The van der Waals surface area contributed by atoms with Crippen molar-refractivity contribution < 1.29 is 0 Å². The van der Waals surface area contributed by atoms with Crippen molar-refractivity contribution in [2.75, 3.05) is 4.90 Å². The Morgan fingerprint density at radius 3 is 1.49 bits per heavy atom. The van der Waals surface area contributed by atoms with Gasteiger partial charge in [-0.25, -0.2) is 0 Å². The van der Waals surface area contributed by atoms with Gasteiger partial charge in [-0.15, -0.1) is 0 Å². The van der Waals surface area contributed by atoms with Gasteiger partial charge in [-0.2, -0.15) is 0 Å². The summed E-state index contributed by atoms with van der Waals surface area (Å²) in [6, 6.07) is 98.1. The van der Waals surface area contributed by atoms with Gasteiger partial charge in [0, 0.05) is 33.4 Å². The van der Waals surface area contributed by atoms with Crippen LogP contribution in [0.25, 0.3) is 71.6 Å². The Labute approximate surface area is 390 Å². The van der Waals surface area contributed by atoms with Crippen molar-refractivity contribution in [2.24, 2.45) is 0 Å². The van der Waals surface area contributed by atoms with Gasteiger partial charge in [0.25, 0.3) is 0 Å². The van der Waals surface area contributed by atoms with Gasteiger partial charge in [0.15, 0.2) is 0 Å². The predicted octanol–water partition coefficient (Wildman–Crippen LogP) is 17.1. The van der Waals surface area contributed by atoms with Crippen molar-refractivity contribution in [1.29, 1.82) is 0 Å². The van der Waals surface area contributed by atoms with Crippen LogP contribution in [0.4, 0.5) is 17.1 Å². The van der Waals surface area contributed by atoms with E-state index in [0.717, 1.165) is 28.3 Å². The van der Waals surface area contributed by atoms with Crippen LogP contribution in [-0.2, 0) is 5.41 Å². The van der Waals surface area contributed by atoms with E-state index in [4.69, 9.17) is 0 Å². The number of nitrogens with zero attached hydrogens (tertiary/aromatic N) is 2. The smallest absolute Gasteiger partial charge is 0.0714 e. The van der Waals surface area contributed by atoms with Gasteiger partial charge in [0.1, 0.15) is 0 Å². The third-order valence-corrected chi connectivity index (χ3v) is 14.1. The van der Waals surface area contributed by atoms with Crippen LogP contribution in [0.2, 0.25) is 0 Å². The summed E-state index contributed by atoms with van der Waals surface area (Å²) in [4.78, 5) is 2.48. The third kappa shape index (κ3) is 6.11. The van der Waals surface area contributed by atoms with Crippen LogP contribution in [0.5, 0.6) is 0 Å². The van der Waals surface area contributed by atoms with E-state index in [0.29, 0.717) is 0 Å². The second kappa shape index (κ2) is 15.8. The Balaban J connectivity index is 0.996. The summed E-state index contributed by atoms with van der Waals surface area (Å²) < 4.78 is 2.38. The van der Waals surface area contributed by atoms with E-state index in [2.05, 4.69) is 276 Å². The Hall–Kier alpha value is -8.72. The van der Waals surface area contributed by atoms with E-state index < -0.39 is 5.41 Å². The molecule has 12 aromatic rings. The molecule has 0 amide bonds. The molecule has 11 aromatic carbocycles. The van der Waals surface area contributed by atoms with E-state index in [1.54, 1.807) is 0 Å². The summed E-state index contributed by atoms with van der Waals surface area (Å²) in [6.07, 6.45) is 0. The van der Waals surface area contributed by atoms with E-state index in [1.165, 1.54) is 82.6 Å². The molecule has 2 heteroatoms. The van der Waals surface area contributed by atoms with Crippen molar-refractivity contribution in [3.63, 3.8) is 0 Å². The van der Waals surface area contributed by atoms with Gasteiger partial charge in [-0.1, -0.05) is 212 Å². The van der Waals surface area contributed by atoms with Crippen molar-refractivity contribution in [2.45, 2.75) is 5.41 Å². The molecule has 13 rings (SSSR count). The zero-order valence-electron chi connectivity index (χ0n) is 36.8. The van der Waals surface area contributed by atoms with Gasteiger partial charge in [0.2, 0.25) is 0 Å². The monoisotopic (exact) mass is 852 g/mol. The molecule has 0 aliphatic heterocycles. The fraction of sp³-hybridized carbons (Fsp3) is 0.0154. The highest BCUT2D eigenvalue weighted by molar-refractivity contribution is 6.09. The number of hydrogen-bond donors (Lipinski definition) is 0. The van der Waals surface area contributed by atoms with E-state index in [-0.39, 0.29) is 0 Å². The lowest BCUT2D eigenvalue weighted by Crippen LogP contribution is -2.28. The van der Waals surface area contributed by atoms with Crippen LogP contribution >= 0.6 is 0 Å². The zero-order chi connectivity index (χ0) is 44.3. The number of aromatic nitrogens is 1. The first kappa shape index (κ1) is 38.7. The summed E-state index contributed by atoms with van der Waals surface area (Å²) >= 11 is 0. The van der Waals surface area contributed by atoms with E-state index >= 15 is 0 Å². The number of benzene rings is 11. The molecule has 0 bridgehead atoms. The van der Waals surface area contributed by atoms with Crippen LogP contribution in [0.3, 0.4) is 0 Å². The maximum atomic E-state index is 2.48. The van der Waals surface area contributed by atoms with Gasteiger partial charge in [-0.05, 0) is 115 Å². The molecule has 0 saturated carbocycles. The second-order valence-electron chi connectivity index (χ2n) is 17.6. The zero-order valence-corrected chi connectivity index (χ0v) is 36.8. The molecule has 0 saturated heterocycles. The van der Waals surface area contributed by atoms with Crippen LogP contribution in [-0.4, -0.2) is 4.57 Å². The average Bonchev–Trinajstić information content (AvgIpc) is 3.90. The molecule has 0 spiro atoms. The lowest BCUT2D eigenvalue weighted by Gasteiger charge is -2.35. The summed E-state index contributed by atoms with van der Waals surface area (Å²) in [5, 5.41) is 4.96. The molecule has 0 radical (unpaired) electrons. The minimum atomic E-state index is -0.531. The quantitative estimate of drug-likeness (QED) is 0.148. The minimum absolute atomic E-state index is 0.531. The molecule has 0 N–H and O–H groups in total. The molecule has 0 unspecified atom stereocenters. The third-order valence-electron chi connectivity index (χ3n) is 14.1. The Morgan fingerprint density at radius 1 is 0.328 bits per heavy atom. The number of hydrogen-bond acceptors (Lipinski definition) is 1. The van der Waals surface area contributed by atoms with Crippen LogP contribution in [0, 0.1) is 0 Å². The van der Waals surface area contributed by atoms with Crippen LogP contribution in [0.15, 0.2) is 267 Å². The highest BCUT2D eigenvalue weighted by Gasteiger charge is 2.46. The average molecular weight is 853 g/mol. The van der Waals surface area contributed by atoms with E-state index in [1.807, 2.05) is 0 Å². The molecular formula is C65H44N2. The van der Waals surface area contributed by atoms with Gasteiger partial charge < -0.3 is 9.47 Å². The summed E-state index contributed by atoms with van der Waals surface area (Å²) in [7, 11) is 0. The molecule has 1 heterocycles. The lowest BCUT2D eigenvalue weighted by molar-refractivity contribution is 0.768. The van der Waals surface area contributed by atoms with Crippen molar-refractivity contribution in [3.05, 3.63) is 289 Å². The number of fused-ring (bicyclic) bond motifs is 7. The minimum Gasteiger partial charge on any atom is -0.310 e. The van der Waals surface area contributed by atoms with Crippen LogP contribution in [0.1, 0.15) is 22.3 Å². The molecule has 2 nitrogen and oxygen atoms in total. The second-order valence-corrected chi connectivity index (χ2v) is 17.6. The summed E-state index contributed by atoms with van der Waals surface area (Å²) in [5.74, 6) is 0. The number of rotatable bonds is 8. The maximum Gasteiger partial charge on any atom is 0.0714 e.